The molecule has 0 aliphatic rings. The molecule has 0 saturated carbocycles. The van der Waals surface area contributed by atoms with Crippen molar-refractivity contribution >= 4 is 34.0 Å². The van der Waals surface area contributed by atoms with Crippen LogP contribution < -0.4 is 5.56 Å². The second kappa shape index (κ2) is 5.43. The average molecular weight is 320 g/mol. The Labute approximate surface area is 131 Å². The second-order valence-corrected chi connectivity index (χ2v) is 5.56. The van der Waals surface area contributed by atoms with Crippen molar-refractivity contribution in [2.75, 3.05) is 0 Å². The Hall–Kier alpha value is -1.97. The van der Waals surface area contributed by atoms with Gasteiger partial charge in [0, 0.05) is 5.39 Å². The van der Waals surface area contributed by atoms with Gasteiger partial charge in [0.05, 0.1) is 28.2 Å². The van der Waals surface area contributed by atoms with Crippen LogP contribution in [0.25, 0.3) is 10.8 Å². The predicted octanol–water partition coefficient (Wildman–Crippen LogP) is 4.06. The lowest BCUT2D eigenvalue weighted by atomic mass is 10.1. The van der Waals surface area contributed by atoms with E-state index in [2.05, 4.69) is 0 Å². The molecule has 0 amide bonds. The number of fused-ring (bicyclic) bond motifs is 1. The van der Waals surface area contributed by atoms with Crippen LogP contribution in [0, 0.1) is 0 Å². The molecule has 0 unspecified atom stereocenters. The van der Waals surface area contributed by atoms with Gasteiger partial charge in [0.15, 0.2) is 0 Å². The van der Waals surface area contributed by atoms with Crippen molar-refractivity contribution < 1.29 is 5.11 Å². The van der Waals surface area contributed by atoms with Gasteiger partial charge in [-0.3, -0.25) is 4.79 Å². The highest BCUT2D eigenvalue weighted by atomic mass is 35.5. The maximum Gasteiger partial charge on any atom is 0.258 e. The van der Waals surface area contributed by atoms with Gasteiger partial charge in [-0.25, -0.2) is 0 Å². The van der Waals surface area contributed by atoms with Crippen LogP contribution in [-0.2, 0) is 6.54 Å². The predicted molar refractivity (Wildman–Crippen MR) is 85.4 cm³/mol. The van der Waals surface area contributed by atoms with Crippen LogP contribution in [0.1, 0.15) is 5.56 Å². The van der Waals surface area contributed by atoms with Gasteiger partial charge in [-0.05, 0) is 23.8 Å². The van der Waals surface area contributed by atoms with Gasteiger partial charge in [0.2, 0.25) is 0 Å². The highest BCUT2D eigenvalue weighted by Gasteiger charge is 2.08. The quantitative estimate of drug-likeness (QED) is 0.773. The zero-order chi connectivity index (χ0) is 15.0. The van der Waals surface area contributed by atoms with Crippen LogP contribution >= 0.6 is 23.2 Å². The minimum atomic E-state index is -0.158. The largest absolute Gasteiger partial charge is 0.506 e. The molecule has 0 atom stereocenters. The van der Waals surface area contributed by atoms with Crippen LogP contribution in [0.4, 0.5) is 0 Å². The number of aromatic nitrogens is 1. The first kappa shape index (κ1) is 14.0. The van der Waals surface area contributed by atoms with E-state index in [0.717, 1.165) is 5.56 Å². The maximum absolute atomic E-state index is 12.4. The van der Waals surface area contributed by atoms with Crippen molar-refractivity contribution in [1.29, 1.82) is 0 Å². The third kappa shape index (κ3) is 2.62. The van der Waals surface area contributed by atoms with Crippen LogP contribution in [-0.4, -0.2) is 9.67 Å². The molecule has 3 rings (SSSR count). The zero-order valence-corrected chi connectivity index (χ0v) is 12.4. The third-order valence-electron chi connectivity index (χ3n) is 3.31. The molecule has 0 saturated heterocycles. The maximum atomic E-state index is 12.4. The van der Waals surface area contributed by atoms with E-state index in [-0.39, 0.29) is 11.3 Å². The smallest absolute Gasteiger partial charge is 0.258 e. The fraction of sp³-hybridized carbons (Fsp3) is 0.0625. The van der Waals surface area contributed by atoms with Gasteiger partial charge < -0.3 is 9.67 Å². The number of benzene rings is 2. The summed E-state index contributed by atoms with van der Waals surface area (Å²) in [6, 6.07) is 12.2. The Morgan fingerprint density at radius 3 is 2.43 bits per heavy atom. The standard InChI is InChI=1S/C16H11Cl2NO2/c17-13-6-5-10(7-14(13)18)8-19-9-15(20)11-3-1-2-4-12(11)16(19)21/h1-7,9,20H,8H2. The van der Waals surface area contributed by atoms with Gasteiger partial charge >= 0.3 is 0 Å². The lowest BCUT2D eigenvalue weighted by Gasteiger charge is -2.10. The van der Waals surface area contributed by atoms with E-state index < -0.39 is 0 Å². The molecule has 0 spiro atoms. The van der Waals surface area contributed by atoms with Crippen molar-refractivity contribution in [2.24, 2.45) is 0 Å². The van der Waals surface area contributed by atoms with Gasteiger partial charge in [-0.1, -0.05) is 47.5 Å². The van der Waals surface area contributed by atoms with Crippen molar-refractivity contribution in [3.63, 3.8) is 0 Å². The molecule has 0 aliphatic carbocycles. The summed E-state index contributed by atoms with van der Waals surface area (Å²) in [5.41, 5.74) is 0.677. The molecule has 106 valence electrons. The lowest BCUT2D eigenvalue weighted by Crippen LogP contribution is -2.20. The number of halogens is 2. The fourth-order valence-corrected chi connectivity index (χ4v) is 2.60. The molecule has 5 heteroatoms. The van der Waals surface area contributed by atoms with E-state index in [1.165, 1.54) is 10.8 Å². The van der Waals surface area contributed by atoms with Gasteiger partial charge in [-0.2, -0.15) is 0 Å². The molecular formula is C16H11Cl2NO2. The summed E-state index contributed by atoms with van der Waals surface area (Å²) in [6.45, 7) is 0.314. The Kier molecular flexibility index (Phi) is 3.62. The molecule has 3 nitrogen and oxygen atoms in total. The minimum Gasteiger partial charge on any atom is -0.506 e. The first-order valence-corrected chi connectivity index (χ1v) is 7.07. The Balaban J connectivity index is 2.10. The fourth-order valence-electron chi connectivity index (χ4n) is 2.28. The normalized spacial score (nSPS) is 11.0. The van der Waals surface area contributed by atoms with Gasteiger partial charge in [0.1, 0.15) is 5.75 Å². The molecule has 21 heavy (non-hydrogen) atoms. The molecule has 0 aliphatic heterocycles. The summed E-state index contributed by atoms with van der Waals surface area (Å²) in [5, 5.41) is 12.0. The van der Waals surface area contributed by atoms with E-state index in [1.54, 1.807) is 42.5 Å². The van der Waals surface area contributed by atoms with Crippen molar-refractivity contribution in [1.82, 2.24) is 4.57 Å². The summed E-state index contributed by atoms with van der Waals surface area (Å²) in [7, 11) is 0. The van der Waals surface area contributed by atoms with Crippen LogP contribution in [0.3, 0.4) is 0 Å². The van der Waals surface area contributed by atoms with E-state index in [9.17, 15) is 9.90 Å². The number of hydrogen-bond acceptors (Lipinski definition) is 2. The molecule has 2 aromatic carbocycles. The summed E-state index contributed by atoms with van der Waals surface area (Å²) in [4.78, 5) is 12.4. The number of hydrogen-bond donors (Lipinski definition) is 1. The average Bonchev–Trinajstić information content (AvgIpc) is 2.48. The third-order valence-corrected chi connectivity index (χ3v) is 4.05. The minimum absolute atomic E-state index is 0.0743. The van der Waals surface area contributed by atoms with Crippen molar-refractivity contribution in [3.8, 4) is 5.75 Å². The van der Waals surface area contributed by atoms with E-state index in [0.29, 0.717) is 27.4 Å². The van der Waals surface area contributed by atoms with Crippen molar-refractivity contribution in [3.05, 3.63) is 74.6 Å². The van der Waals surface area contributed by atoms with E-state index in [4.69, 9.17) is 23.2 Å². The topological polar surface area (TPSA) is 42.2 Å². The molecule has 3 aromatic rings. The summed E-state index contributed by atoms with van der Waals surface area (Å²) in [6.07, 6.45) is 1.44. The highest BCUT2D eigenvalue weighted by molar-refractivity contribution is 6.42. The molecule has 1 N–H and O–H groups in total. The molecule has 0 fully saturated rings. The zero-order valence-electron chi connectivity index (χ0n) is 10.9. The van der Waals surface area contributed by atoms with Crippen molar-refractivity contribution in [2.45, 2.75) is 6.54 Å². The first-order valence-electron chi connectivity index (χ1n) is 6.31. The summed E-state index contributed by atoms with van der Waals surface area (Å²) < 4.78 is 1.46. The highest BCUT2D eigenvalue weighted by Crippen LogP contribution is 2.24. The molecule has 1 heterocycles. The molecular weight excluding hydrogens is 309 g/mol. The molecule has 1 aromatic heterocycles. The number of rotatable bonds is 2. The van der Waals surface area contributed by atoms with E-state index >= 15 is 0 Å². The monoisotopic (exact) mass is 319 g/mol. The molecule has 0 bridgehead atoms. The van der Waals surface area contributed by atoms with Gasteiger partial charge in [-0.15, -0.1) is 0 Å². The van der Waals surface area contributed by atoms with Crippen LogP contribution in [0.15, 0.2) is 53.5 Å². The molecule has 0 radical (unpaired) electrons. The van der Waals surface area contributed by atoms with Crippen LogP contribution in [0.2, 0.25) is 10.0 Å². The summed E-state index contributed by atoms with van der Waals surface area (Å²) in [5.74, 6) is 0.0743. The summed E-state index contributed by atoms with van der Waals surface area (Å²) >= 11 is 11.9. The SMILES string of the molecule is O=c1c2ccccc2c(O)cn1Cc1ccc(Cl)c(Cl)c1. The Bertz CT molecular complexity index is 887. The van der Waals surface area contributed by atoms with Gasteiger partial charge in [0.25, 0.3) is 5.56 Å². The van der Waals surface area contributed by atoms with Crippen LogP contribution in [0.5, 0.6) is 5.75 Å². The van der Waals surface area contributed by atoms with E-state index in [1.807, 2.05) is 0 Å². The number of aromatic hydroxyl groups is 1. The second-order valence-electron chi connectivity index (χ2n) is 4.74. The first-order chi connectivity index (χ1) is 10.1. The Morgan fingerprint density at radius 2 is 1.71 bits per heavy atom. The Morgan fingerprint density at radius 1 is 1.00 bits per heavy atom. The lowest BCUT2D eigenvalue weighted by molar-refractivity contribution is 0.473. The number of pyridine rings is 1. The number of nitrogens with zero attached hydrogens (tertiary/aromatic N) is 1.